The molecule has 0 aliphatic rings. The Bertz CT molecular complexity index is 486. The lowest BCUT2D eigenvalue weighted by molar-refractivity contribution is 0.0500. The van der Waals surface area contributed by atoms with Crippen LogP contribution in [0.15, 0.2) is 48.8 Å². The lowest BCUT2D eigenvalue weighted by Crippen LogP contribution is -2.06. The molecule has 2 rings (SSSR count). The molecule has 0 fully saturated rings. The summed E-state index contributed by atoms with van der Waals surface area (Å²) >= 11 is 0. The van der Waals surface area contributed by atoms with E-state index in [2.05, 4.69) is 6.92 Å². The van der Waals surface area contributed by atoms with Gasteiger partial charge in [0.15, 0.2) is 0 Å². The van der Waals surface area contributed by atoms with Crippen molar-refractivity contribution in [3.63, 3.8) is 0 Å². The molecule has 0 N–H and O–H groups in total. The van der Waals surface area contributed by atoms with Gasteiger partial charge >= 0.3 is 5.97 Å². The molecule has 3 heteroatoms. The highest BCUT2D eigenvalue weighted by molar-refractivity contribution is 5.89. The highest BCUT2D eigenvalue weighted by Crippen LogP contribution is 2.11. The van der Waals surface area contributed by atoms with Gasteiger partial charge in [-0.15, -0.1) is 0 Å². The van der Waals surface area contributed by atoms with Gasteiger partial charge < -0.3 is 9.30 Å². The van der Waals surface area contributed by atoms with E-state index >= 15 is 0 Å². The summed E-state index contributed by atoms with van der Waals surface area (Å²) in [6.07, 6.45) is 5.87. The first kappa shape index (κ1) is 12.4. The smallest absolute Gasteiger partial charge is 0.338 e. The Morgan fingerprint density at radius 3 is 2.44 bits per heavy atom. The Kier molecular flexibility index (Phi) is 4.18. The van der Waals surface area contributed by atoms with Gasteiger partial charge in [-0.25, -0.2) is 4.79 Å². The minimum Gasteiger partial charge on any atom is -0.462 e. The normalized spacial score (nSPS) is 10.3. The van der Waals surface area contributed by atoms with Gasteiger partial charge in [0.25, 0.3) is 0 Å². The number of unbranched alkanes of at least 4 members (excludes halogenated alkanes) is 1. The summed E-state index contributed by atoms with van der Waals surface area (Å²) < 4.78 is 7.15. The van der Waals surface area contributed by atoms with E-state index in [1.165, 1.54) is 0 Å². The van der Waals surface area contributed by atoms with E-state index in [0.29, 0.717) is 12.2 Å². The Hall–Kier alpha value is -2.03. The van der Waals surface area contributed by atoms with E-state index in [9.17, 15) is 4.79 Å². The highest BCUT2D eigenvalue weighted by atomic mass is 16.5. The van der Waals surface area contributed by atoms with Gasteiger partial charge in [-0.1, -0.05) is 13.3 Å². The number of benzene rings is 1. The van der Waals surface area contributed by atoms with Crippen molar-refractivity contribution in [2.75, 3.05) is 6.61 Å². The molecule has 0 radical (unpaired) electrons. The second kappa shape index (κ2) is 6.05. The van der Waals surface area contributed by atoms with Gasteiger partial charge in [-0.3, -0.25) is 0 Å². The molecule has 0 amide bonds. The molecule has 1 aromatic heterocycles. The molecular formula is C15H17NO2. The van der Waals surface area contributed by atoms with Crippen molar-refractivity contribution in [3.8, 4) is 5.69 Å². The van der Waals surface area contributed by atoms with Crippen molar-refractivity contribution in [1.82, 2.24) is 4.57 Å². The summed E-state index contributed by atoms with van der Waals surface area (Å²) in [5, 5.41) is 0. The van der Waals surface area contributed by atoms with E-state index in [4.69, 9.17) is 4.74 Å². The molecule has 0 aliphatic carbocycles. The molecule has 0 saturated carbocycles. The largest absolute Gasteiger partial charge is 0.462 e. The molecule has 0 bridgehead atoms. The first-order valence-corrected chi connectivity index (χ1v) is 6.22. The fourth-order valence-electron chi connectivity index (χ4n) is 1.67. The standard InChI is InChI=1S/C15H17NO2/c1-2-3-12-18-15(17)13-6-8-14(9-7-13)16-10-4-5-11-16/h4-11H,2-3,12H2,1H3. The number of aromatic nitrogens is 1. The maximum Gasteiger partial charge on any atom is 0.338 e. The minimum atomic E-state index is -0.248. The second-order valence-corrected chi connectivity index (χ2v) is 4.13. The zero-order chi connectivity index (χ0) is 12.8. The minimum absolute atomic E-state index is 0.248. The van der Waals surface area contributed by atoms with Crippen LogP contribution in [0.25, 0.3) is 5.69 Å². The van der Waals surface area contributed by atoms with Crippen LogP contribution >= 0.6 is 0 Å². The van der Waals surface area contributed by atoms with Crippen molar-refractivity contribution in [2.24, 2.45) is 0 Å². The van der Waals surface area contributed by atoms with Crippen LogP contribution in [0.1, 0.15) is 30.1 Å². The van der Waals surface area contributed by atoms with Crippen molar-refractivity contribution in [1.29, 1.82) is 0 Å². The molecular weight excluding hydrogens is 226 g/mol. The Balaban J connectivity index is 2.01. The monoisotopic (exact) mass is 243 g/mol. The van der Waals surface area contributed by atoms with Crippen LogP contribution in [0.4, 0.5) is 0 Å². The highest BCUT2D eigenvalue weighted by Gasteiger charge is 2.06. The van der Waals surface area contributed by atoms with E-state index in [1.54, 1.807) is 12.1 Å². The Labute approximate surface area is 107 Å². The number of esters is 1. The molecule has 18 heavy (non-hydrogen) atoms. The Morgan fingerprint density at radius 1 is 1.17 bits per heavy atom. The van der Waals surface area contributed by atoms with Crippen molar-refractivity contribution in [2.45, 2.75) is 19.8 Å². The topological polar surface area (TPSA) is 31.2 Å². The van der Waals surface area contributed by atoms with E-state index in [-0.39, 0.29) is 5.97 Å². The number of carbonyl (C=O) groups excluding carboxylic acids is 1. The van der Waals surface area contributed by atoms with Crippen LogP contribution in [-0.2, 0) is 4.74 Å². The van der Waals surface area contributed by atoms with E-state index < -0.39 is 0 Å². The third kappa shape index (κ3) is 3.00. The van der Waals surface area contributed by atoms with Crippen LogP contribution in [0.3, 0.4) is 0 Å². The summed E-state index contributed by atoms with van der Waals surface area (Å²) in [6.45, 7) is 2.56. The number of carbonyl (C=O) groups is 1. The van der Waals surface area contributed by atoms with Gasteiger partial charge in [0.05, 0.1) is 12.2 Å². The summed E-state index contributed by atoms with van der Waals surface area (Å²) in [5.41, 5.74) is 1.63. The average Bonchev–Trinajstić information content (AvgIpc) is 2.93. The molecule has 0 aliphatic heterocycles. The predicted octanol–water partition coefficient (Wildman–Crippen LogP) is 3.43. The molecule has 1 aromatic carbocycles. The van der Waals surface area contributed by atoms with Crippen LogP contribution in [-0.4, -0.2) is 17.1 Å². The lowest BCUT2D eigenvalue weighted by atomic mass is 10.2. The van der Waals surface area contributed by atoms with Crippen LogP contribution in [0, 0.1) is 0 Å². The third-order valence-corrected chi connectivity index (χ3v) is 2.74. The molecule has 0 saturated heterocycles. The van der Waals surface area contributed by atoms with Crippen LogP contribution in [0.5, 0.6) is 0 Å². The fraction of sp³-hybridized carbons (Fsp3) is 0.267. The lowest BCUT2D eigenvalue weighted by Gasteiger charge is -2.06. The number of ether oxygens (including phenoxy) is 1. The summed E-state index contributed by atoms with van der Waals surface area (Å²) in [4.78, 5) is 11.7. The first-order chi connectivity index (χ1) is 8.81. The molecule has 0 spiro atoms. The molecule has 2 aromatic rings. The number of hydrogen-bond donors (Lipinski definition) is 0. The number of hydrogen-bond acceptors (Lipinski definition) is 2. The second-order valence-electron chi connectivity index (χ2n) is 4.13. The SMILES string of the molecule is CCCCOC(=O)c1ccc(-n2cccc2)cc1. The quantitative estimate of drug-likeness (QED) is 0.595. The summed E-state index contributed by atoms with van der Waals surface area (Å²) in [5.74, 6) is -0.248. The van der Waals surface area contributed by atoms with Gasteiger partial charge in [-0.2, -0.15) is 0 Å². The molecule has 0 unspecified atom stereocenters. The molecule has 94 valence electrons. The van der Waals surface area contributed by atoms with Gasteiger partial charge in [0.1, 0.15) is 0 Å². The molecule has 1 heterocycles. The summed E-state index contributed by atoms with van der Waals surface area (Å²) in [7, 11) is 0. The summed E-state index contributed by atoms with van der Waals surface area (Å²) in [6, 6.07) is 11.3. The first-order valence-electron chi connectivity index (χ1n) is 6.22. The predicted molar refractivity (Wildman–Crippen MR) is 71.0 cm³/mol. The van der Waals surface area contributed by atoms with Gasteiger partial charge in [-0.05, 0) is 42.8 Å². The molecule has 0 atom stereocenters. The maximum atomic E-state index is 11.7. The van der Waals surface area contributed by atoms with Crippen molar-refractivity contribution in [3.05, 3.63) is 54.4 Å². The maximum absolute atomic E-state index is 11.7. The van der Waals surface area contributed by atoms with E-state index in [1.807, 2.05) is 41.2 Å². The zero-order valence-electron chi connectivity index (χ0n) is 10.5. The van der Waals surface area contributed by atoms with E-state index in [0.717, 1.165) is 18.5 Å². The number of nitrogens with zero attached hydrogens (tertiary/aromatic N) is 1. The number of rotatable bonds is 5. The third-order valence-electron chi connectivity index (χ3n) is 2.74. The Morgan fingerprint density at radius 2 is 1.83 bits per heavy atom. The van der Waals surface area contributed by atoms with Crippen molar-refractivity contribution >= 4 is 5.97 Å². The van der Waals surface area contributed by atoms with Crippen LogP contribution in [0.2, 0.25) is 0 Å². The average molecular weight is 243 g/mol. The molecule has 3 nitrogen and oxygen atoms in total. The fourth-order valence-corrected chi connectivity index (χ4v) is 1.67. The van der Waals surface area contributed by atoms with Gasteiger partial charge in [0.2, 0.25) is 0 Å². The van der Waals surface area contributed by atoms with Crippen molar-refractivity contribution < 1.29 is 9.53 Å². The zero-order valence-corrected chi connectivity index (χ0v) is 10.5. The van der Waals surface area contributed by atoms with Crippen LogP contribution < -0.4 is 0 Å². The van der Waals surface area contributed by atoms with Gasteiger partial charge in [0, 0.05) is 18.1 Å².